The van der Waals surface area contributed by atoms with E-state index in [1.165, 1.54) is 18.9 Å². The molecule has 0 spiro atoms. The van der Waals surface area contributed by atoms with Crippen LogP contribution < -0.4 is 15.4 Å². The summed E-state index contributed by atoms with van der Waals surface area (Å²) in [7, 11) is 0. The summed E-state index contributed by atoms with van der Waals surface area (Å²) in [5.41, 5.74) is 0.572. The van der Waals surface area contributed by atoms with Crippen molar-refractivity contribution >= 4 is 11.6 Å². The summed E-state index contributed by atoms with van der Waals surface area (Å²) in [4.78, 5) is 11.5. The van der Waals surface area contributed by atoms with E-state index in [1.54, 1.807) is 19.1 Å². The van der Waals surface area contributed by atoms with E-state index in [9.17, 15) is 9.18 Å². The van der Waals surface area contributed by atoms with E-state index < -0.39 is 5.82 Å². The van der Waals surface area contributed by atoms with Crippen LogP contribution in [0.1, 0.15) is 19.8 Å². The third kappa shape index (κ3) is 4.43. The summed E-state index contributed by atoms with van der Waals surface area (Å²) in [6.45, 7) is 3.13. The van der Waals surface area contributed by atoms with Crippen molar-refractivity contribution in [2.24, 2.45) is 5.92 Å². The van der Waals surface area contributed by atoms with Crippen molar-refractivity contribution in [3.05, 3.63) is 24.0 Å². The average molecular weight is 266 g/mol. The molecule has 0 bridgehead atoms. The first kappa shape index (κ1) is 13.6. The summed E-state index contributed by atoms with van der Waals surface area (Å²) in [5.74, 6) is 0.393. The minimum absolute atomic E-state index is 0.0683. The minimum Gasteiger partial charge on any atom is -0.491 e. The molecule has 2 N–H and O–H groups in total. The van der Waals surface area contributed by atoms with Crippen molar-refractivity contribution in [2.45, 2.75) is 19.8 Å². The monoisotopic (exact) mass is 266 g/mol. The Kier molecular flexibility index (Phi) is 4.60. The smallest absolute Gasteiger partial charge is 0.239 e. The zero-order valence-corrected chi connectivity index (χ0v) is 11.0. The summed E-state index contributed by atoms with van der Waals surface area (Å²) in [6, 6.07) is 4.59. The maximum absolute atomic E-state index is 13.6. The first-order valence-electron chi connectivity index (χ1n) is 6.62. The number of ether oxygens (including phenoxy) is 1. The summed E-state index contributed by atoms with van der Waals surface area (Å²) in [5, 5.41) is 5.73. The second-order valence-electron chi connectivity index (χ2n) is 4.68. The molecule has 0 atom stereocenters. The van der Waals surface area contributed by atoms with E-state index in [1.807, 2.05) is 0 Å². The van der Waals surface area contributed by atoms with Crippen LogP contribution in [0, 0.1) is 11.7 Å². The van der Waals surface area contributed by atoms with E-state index in [0.717, 1.165) is 6.54 Å². The van der Waals surface area contributed by atoms with Crippen molar-refractivity contribution < 1.29 is 13.9 Å². The van der Waals surface area contributed by atoms with Gasteiger partial charge in [0.1, 0.15) is 0 Å². The molecule has 1 saturated carbocycles. The number of rotatable bonds is 7. The molecule has 0 heterocycles. The molecule has 1 aromatic carbocycles. The molecule has 2 rings (SSSR count). The van der Waals surface area contributed by atoms with Crippen LogP contribution in [0.5, 0.6) is 5.75 Å². The zero-order chi connectivity index (χ0) is 13.7. The highest BCUT2D eigenvalue weighted by Crippen LogP contribution is 2.27. The molecule has 104 valence electrons. The average Bonchev–Trinajstić information content (AvgIpc) is 3.21. The van der Waals surface area contributed by atoms with E-state index in [2.05, 4.69) is 10.6 Å². The van der Waals surface area contributed by atoms with Gasteiger partial charge in [-0.15, -0.1) is 0 Å². The SMILES string of the molecule is CCOc1ccc(NCC(=O)NCC2CC2)cc1F. The molecule has 0 unspecified atom stereocenters. The van der Waals surface area contributed by atoms with Crippen LogP contribution in [0.2, 0.25) is 0 Å². The molecule has 0 saturated heterocycles. The fraction of sp³-hybridized carbons (Fsp3) is 0.500. The Hall–Kier alpha value is -1.78. The van der Waals surface area contributed by atoms with Gasteiger partial charge >= 0.3 is 0 Å². The third-order valence-corrected chi connectivity index (χ3v) is 2.97. The van der Waals surface area contributed by atoms with E-state index in [4.69, 9.17) is 4.74 Å². The Morgan fingerprint density at radius 3 is 2.89 bits per heavy atom. The van der Waals surface area contributed by atoms with Crippen LogP contribution in [0.4, 0.5) is 10.1 Å². The molecule has 1 aliphatic carbocycles. The Labute approximate surface area is 112 Å². The van der Waals surface area contributed by atoms with Gasteiger partial charge in [-0.05, 0) is 37.8 Å². The van der Waals surface area contributed by atoms with Gasteiger partial charge in [-0.25, -0.2) is 4.39 Å². The van der Waals surface area contributed by atoms with Crippen molar-refractivity contribution in [3.63, 3.8) is 0 Å². The van der Waals surface area contributed by atoms with Crippen LogP contribution in [-0.2, 0) is 4.79 Å². The van der Waals surface area contributed by atoms with Crippen LogP contribution in [0.25, 0.3) is 0 Å². The summed E-state index contributed by atoms with van der Waals surface area (Å²) >= 11 is 0. The topological polar surface area (TPSA) is 50.4 Å². The second kappa shape index (κ2) is 6.41. The van der Waals surface area contributed by atoms with Gasteiger partial charge in [0.05, 0.1) is 13.2 Å². The number of hydrogen-bond donors (Lipinski definition) is 2. The lowest BCUT2D eigenvalue weighted by atomic mass is 10.3. The molecule has 5 heteroatoms. The van der Waals surface area contributed by atoms with Crippen molar-refractivity contribution in [2.75, 3.05) is 25.0 Å². The standard InChI is InChI=1S/C14H19FN2O2/c1-2-19-13-6-5-11(7-12(13)15)16-9-14(18)17-8-10-3-4-10/h5-7,10,16H,2-4,8-9H2,1H3,(H,17,18). The van der Waals surface area contributed by atoms with Gasteiger partial charge in [0.25, 0.3) is 0 Å². The number of hydrogen-bond acceptors (Lipinski definition) is 3. The maximum atomic E-state index is 13.6. The lowest BCUT2D eigenvalue weighted by molar-refractivity contribution is -0.119. The van der Waals surface area contributed by atoms with Crippen molar-refractivity contribution in [1.82, 2.24) is 5.32 Å². The highest BCUT2D eigenvalue weighted by molar-refractivity contribution is 5.80. The Balaban J connectivity index is 1.78. The number of amides is 1. The molecule has 19 heavy (non-hydrogen) atoms. The zero-order valence-electron chi connectivity index (χ0n) is 11.0. The predicted molar refractivity (Wildman–Crippen MR) is 71.8 cm³/mol. The normalized spacial score (nSPS) is 14.0. The highest BCUT2D eigenvalue weighted by atomic mass is 19.1. The lowest BCUT2D eigenvalue weighted by Gasteiger charge is -2.09. The summed E-state index contributed by atoms with van der Waals surface area (Å²) < 4.78 is 18.7. The van der Waals surface area contributed by atoms with Crippen molar-refractivity contribution in [3.8, 4) is 5.75 Å². The van der Waals surface area contributed by atoms with Crippen molar-refractivity contribution in [1.29, 1.82) is 0 Å². The molecule has 0 aliphatic heterocycles. The molecule has 1 fully saturated rings. The van der Waals surface area contributed by atoms with Gasteiger partial charge in [0, 0.05) is 18.3 Å². The fourth-order valence-electron chi connectivity index (χ4n) is 1.71. The number of carbonyl (C=O) groups is 1. The predicted octanol–water partition coefficient (Wildman–Crippen LogP) is 2.16. The molecule has 1 aliphatic rings. The first-order valence-corrected chi connectivity index (χ1v) is 6.62. The largest absolute Gasteiger partial charge is 0.491 e. The van der Waals surface area contributed by atoms with Crippen LogP contribution in [-0.4, -0.2) is 25.6 Å². The highest BCUT2D eigenvalue weighted by Gasteiger charge is 2.21. The van der Waals surface area contributed by atoms with E-state index >= 15 is 0 Å². The van der Waals surface area contributed by atoms with Gasteiger partial charge in [-0.3, -0.25) is 4.79 Å². The summed E-state index contributed by atoms with van der Waals surface area (Å²) in [6.07, 6.45) is 2.41. The molecule has 1 aromatic rings. The lowest BCUT2D eigenvalue weighted by Crippen LogP contribution is -2.31. The second-order valence-corrected chi connectivity index (χ2v) is 4.68. The van der Waals surface area contributed by atoms with Gasteiger partial charge in [0.2, 0.25) is 5.91 Å². The van der Waals surface area contributed by atoms with Gasteiger partial charge in [-0.2, -0.15) is 0 Å². The van der Waals surface area contributed by atoms with Crippen LogP contribution in [0.3, 0.4) is 0 Å². The molecular formula is C14H19FN2O2. The Morgan fingerprint density at radius 1 is 1.47 bits per heavy atom. The molecule has 1 amide bonds. The molecule has 0 radical (unpaired) electrons. The van der Waals surface area contributed by atoms with E-state index in [0.29, 0.717) is 18.2 Å². The molecular weight excluding hydrogens is 247 g/mol. The Bertz CT molecular complexity index is 447. The first-order chi connectivity index (χ1) is 9.19. The fourth-order valence-corrected chi connectivity index (χ4v) is 1.71. The van der Waals surface area contributed by atoms with Crippen LogP contribution in [0.15, 0.2) is 18.2 Å². The minimum atomic E-state index is -0.426. The number of benzene rings is 1. The van der Waals surface area contributed by atoms with Gasteiger partial charge in [-0.1, -0.05) is 0 Å². The number of anilines is 1. The van der Waals surface area contributed by atoms with Gasteiger partial charge < -0.3 is 15.4 Å². The van der Waals surface area contributed by atoms with E-state index in [-0.39, 0.29) is 18.2 Å². The quantitative estimate of drug-likeness (QED) is 0.795. The number of carbonyl (C=O) groups excluding carboxylic acids is 1. The Morgan fingerprint density at radius 2 is 2.26 bits per heavy atom. The van der Waals surface area contributed by atoms with Crippen LogP contribution >= 0.6 is 0 Å². The van der Waals surface area contributed by atoms with Gasteiger partial charge in [0.15, 0.2) is 11.6 Å². The number of halogens is 1. The maximum Gasteiger partial charge on any atom is 0.239 e. The molecule has 4 nitrogen and oxygen atoms in total. The number of nitrogens with one attached hydrogen (secondary N) is 2. The third-order valence-electron chi connectivity index (χ3n) is 2.97. The molecule has 0 aromatic heterocycles.